The maximum atomic E-state index is 13.5. The van der Waals surface area contributed by atoms with Gasteiger partial charge >= 0.3 is 0 Å². The van der Waals surface area contributed by atoms with Crippen LogP contribution in [0.4, 0.5) is 0 Å². The van der Waals surface area contributed by atoms with Crippen molar-refractivity contribution >= 4 is 17.2 Å². The predicted octanol–water partition coefficient (Wildman–Crippen LogP) is 3.34. The molecule has 1 aliphatic carbocycles. The molecule has 2 aromatic rings. The largest absolute Gasteiger partial charge is 0.491 e. The summed E-state index contributed by atoms with van der Waals surface area (Å²) < 4.78 is 11.3. The van der Waals surface area contributed by atoms with E-state index in [9.17, 15) is 9.90 Å². The highest BCUT2D eigenvalue weighted by Gasteiger charge is 2.36. The molecule has 0 saturated heterocycles. The van der Waals surface area contributed by atoms with Crippen LogP contribution >= 0.6 is 11.3 Å². The number of aryl methyl sites for hydroxylation is 2. The molecule has 1 aromatic carbocycles. The molecular formula is C25H34N2O4S. The van der Waals surface area contributed by atoms with Crippen molar-refractivity contribution in [3.63, 3.8) is 0 Å². The molecule has 0 spiro atoms. The summed E-state index contributed by atoms with van der Waals surface area (Å²) in [4.78, 5) is 18.9. The first-order valence-corrected chi connectivity index (χ1v) is 12.3. The van der Waals surface area contributed by atoms with Crippen molar-refractivity contribution in [2.45, 2.75) is 51.3 Å². The molecule has 0 bridgehead atoms. The molecule has 1 N–H and O–H groups in total. The van der Waals surface area contributed by atoms with Gasteiger partial charge in [-0.15, -0.1) is 11.3 Å². The maximum absolute atomic E-state index is 13.5. The van der Waals surface area contributed by atoms with Crippen LogP contribution in [0.1, 0.15) is 40.5 Å². The summed E-state index contributed by atoms with van der Waals surface area (Å²) in [6.45, 7) is 6.34. The third-order valence-corrected chi connectivity index (χ3v) is 7.34. The number of carbonyl (C=O) groups is 1. The van der Waals surface area contributed by atoms with E-state index in [0.29, 0.717) is 32.3 Å². The van der Waals surface area contributed by atoms with Gasteiger partial charge in [0.1, 0.15) is 12.4 Å². The number of carbonyl (C=O) groups excluding carboxylic acids is 1. The van der Waals surface area contributed by atoms with Crippen molar-refractivity contribution in [1.82, 2.24) is 9.80 Å². The minimum Gasteiger partial charge on any atom is -0.491 e. The number of hydrogen-bond donors (Lipinski definition) is 1. The zero-order valence-corrected chi connectivity index (χ0v) is 20.1. The summed E-state index contributed by atoms with van der Waals surface area (Å²) in [5, 5.41) is 12.3. The smallest absolute Gasteiger partial charge is 0.237 e. The number of fused-ring (bicyclic) bond motifs is 1. The van der Waals surface area contributed by atoms with Crippen molar-refractivity contribution in [2.24, 2.45) is 0 Å². The summed E-state index contributed by atoms with van der Waals surface area (Å²) in [7, 11) is 1.59. The molecule has 0 unspecified atom stereocenters. The van der Waals surface area contributed by atoms with E-state index >= 15 is 0 Å². The van der Waals surface area contributed by atoms with Crippen LogP contribution in [0.3, 0.4) is 0 Å². The Bertz CT molecular complexity index is 926. The van der Waals surface area contributed by atoms with E-state index in [1.807, 2.05) is 11.0 Å². The summed E-state index contributed by atoms with van der Waals surface area (Å²) in [5.41, 5.74) is 3.52. The summed E-state index contributed by atoms with van der Waals surface area (Å²) in [5.74, 6) is 0.972. The first kappa shape index (κ1) is 23.2. The molecule has 1 aromatic heterocycles. The Balaban J connectivity index is 1.47. The number of amides is 1. The number of nitrogens with zero attached hydrogens (tertiary/aromatic N) is 2. The Morgan fingerprint density at radius 2 is 2.12 bits per heavy atom. The van der Waals surface area contributed by atoms with Crippen LogP contribution in [0.25, 0.3) is 0 Å². The number of methoxy groups -OCH3 is 1. The number of rotatable bonds is 10. The zero-order valence-electron chi connectivity index (χ0n) is 19.3. The Morgan fingerprint density at radius 3 is 2.84 bits per heavy atom. The van der Waals surface area contributed by atoms with Gasteiger partial charge in [0.25, 0.3) is 0 Å². The van der Waals surface area contributed by atoms with Gasteiger partial charge < -0.3 is 19.5 Å². The lowest BCUT2D eigenvalue weighted by Crippen LogP contribution is -2.48. The van der Waals surface area contributed by atoms with Gasteiger partial charge in [-0.3, -0.25) is 9.69 Å². The van der Waals surface area contributed by atoms with Crippen LogP contribution in [-0.4, -0.2) is 72.9 Å². The van der Waals surface area contributed by atoms with Gasteiger partial charge in [0, 0.05) is 31.1 Å². The molecule has 2 aliphatic rings. The van der Waals surface area contributed by atoms with Crippen molar-refractivity contribution in [3.05, 3.63) is 51.2 Å². The molecule has 1 fully saturated rings. The maximum Gasteiger partial charge on any atom is 0.237 e. The number of aliphatic hydroxyl groups excluding tert-OH is 1. The van der Waals surface area contributed by atoms with Gasteiger partial charge in [-0.1, -0.05) is 17.7 Å². The second kappa shape index (κ2) is 10.3. The lowest BCUT2D eigenvalue weighted by Gasteiger charge is -2.37. The van der Waals surface area contributed by atoms with Crippen LogP contribution in [0.15, 0.2) is 29.6 Å². The van der Waals surface area contributed by atoms with Crippen LogP contribution in [0.5, 0.6) is 5.75 Å². The Hall–Kier alpha value is -1.93. The topological polar surface area (TPSA) is 62.2 Å². The molecule has 174 valence electrons. The fraction of sp³-hybridized carbons (Fsp3) is 0.560. The third kappa shape index (κ3) is 5.52. The SMILES string of the molecule is COC[C@H](O)CN(CC(=O)N1CCc2sccc2[C@H]1COc1ccc(C)cc1C)C1CC1. The van der Waals surface area contributed by atoms with E-state index in [1.54, 1.807) is 18.4 Å². The summed E-state index contributed by atoms with van der Waals surface area (Å²) in [6.07, 6.45) is 2.47. The Labute approximate surface area is 194 Å². The van der Waals surface area contributed by atoms with Crippen LogP contribution in [0, 0.1) is 13.8 Å². The Morgan fingerprint density at radius 1 is 1.31 bits per heavy atom. The normalized spacial score (nSPS) is 19.2. The molecule has 2 atom stereocenters. The second-order valence-electron chi connectivity index (χ2n) is 9.00. The average Bonchev–Trinajstić information content (AvgIpc) is 3.49. The minimum atomic E-state index is -0.582. The van der Waals surface area contributed by atoms with E-state index in [-0.39, 0.29) is 18.6 Å². The number of hydrogen-bond acceptors (Lipinski definition) is 6. The Kier molecular flexibility index (Phi) is 7.51. The molecule has 1 amide bonds. The quantitative estimate of drug-likeness (QED) is 0.592. The van der Waals surface area contributed by atoms with Crippen LogP contribution < -0.4 is 4.74 Å². The number of thiophene rings is 1. The first-order valence-electron chi connectivity index (χ1n) is 11.4. The molecular weight excluding hydrogens is 424 g/mol. The van der Waals surface area contributed by atoms with E-state index < -0.39 is 6.10 Å². The first-order chi connectivity index (χ1) is 15.5. The third-order valence-electron chi connectivity index (χ3n) is 6.35. The van der Waals surface area contributed by atoms with E-state index in [2.05, 4.69) is 42.3 Å². The summed E-state index contributed by atoms with van der Waals surface area (Å²) in [6, 6.07) is 8.62. The summed E-state index contributed by atoms with van der Waals surface area (Å²) >= 11 is 1.76. The molecule has 7 heteroatoms. The highest BCUT2D eigenvalue weighted by atomic mass is 32.1. The molecule has 1 saturated carbocycles. The molecule has 2 heterocycles. The molecule has 0 radical (unpaired) electrons. The zero-order chi connectivity index (χ0) is 22.7. The van der Waals surface area contributed by atoms with Crippen molar-refractivity contribution in [2.75, 3.05) is 40.0 Å². The monoisotopic (exact) mass is 458 g/mol. The van der Waals surface area contributed by atoms with Crippen LogP contribution in [-0.2, 0) is 16.0 Å². The molecule has 4 rings (SSSR count). The molecule has 32 heavy (non-hydrogen) atoms. The minimum absolute atomic E-state index is 0.0943. The fourth-order valence-corrected chi connectivity index (χ4v) is 5.50. The van der Waals surface area contributed by atoms with Gasteiger partial charge in [0.15, 0.2) is 0 Å². The fourth-order valence-electron chi connectivity index (χ4n) is 4.57. The second-order valence-corrected chi connectivity index (χ2v) is 10.0. The number of ether oxygens (including phenoxy) is 2. The average molecular weight is 459 g/mol. The lowest BCUT2D eigenvalue weighted by atomic mass is 10.00. The van der Waals surface area contributed by atoms with Gasteiger partial charge in [-0.2, -0.15) is 0 Å². The number of aliphatic hydroxyl groups is 1. The lowest BCUT2D eigenvalue weighted by molar-refractivity contribution is -0.136. The van der Waals surface area contributed by atoms with Gasteiger partial charge in [0.2, 0.25) is 5.91 Å². The highest BCUT2D eigenvalue weighted by molar-refractivity contribution is 7.10. The van der Waals surface area contributed by atoms with Gasteiger partial charge in [0.05, 0.1) is 25.3 Å². The van der Waals surface area contributed by atoms with Crippen molar-refractivity contribution in [1.29, 1.82) is 0 Å². The van der Waals surface area contributed by atoms with Crippen molar-refractivity contribution in [3.8, 4) is 5.75 Å². The number of benzene rings is 1. The standard InChI is InChI=1S/C25H34N2O4S/c1-17-4-7-23(18(2)12-17)31-16-22-21-9-11-32-24(21)8-10-27(22)25(29)14-26(19-5-6-19)13-20(28)15-30-3/h4,7,9,11-12,19-20,22,28H,5-6,8,10,13-16H2,1-3H3/t20-,22-/m1/s1. The predicted molar refractivity (Wildman–Crippen MR) is 126 cm³/mol. The van der Waals surface area contributed by atoms with Gasteiger partial charge in [-0.25, -0.2) is 0 Å². The van der Waals surface area contributed by atoms with Gasteiger partial charge in [-0.05, 0) is 61.7 Å². The molecule has 6 nitrogen and oxygen atoms in total. The van der Waals surface area contributed by atoms with E-state index in [1.165, 1.54) is 16.0 Å². The van der Waals surface area contributed by atoms with Crippen molar-refractivity contribution < 1.29 is 19.4 Å². The van der Waals surface area contributed by atoms with E-state index in [0.717, 1.165) is 30.6 Å². The highest BCUT2D eigenvalue weighted by Crippen LogP contribution is 2.35. The van der Waals surface area contributed by atoms with E-state index in [4.69, 9.17) is 9.47 Å². The molecule has 1 aliphatic heterocycles. The van der Waals surface area contributed by atoms with Crippen LogP contribution in [0.2, 0.25) is 0 Å².